The van der Waals surface area contributed by atoms with Crippen LogP contribution >= 0.6 is 24.0 Å². The van der Waals surface area contributed by atoms with E-state index in [4.69, 9.17) is 4.74 Å². The van der Waals surface area contributed by atoms with E-state index in [0.29, 0.717) is 45.1 Å². The maximum absolute atomic E-state index is 11.9. The first-order valence-corrected chi connectivity index (χ1v) is 11.0. The van der Waals surface area contributed by atoms with Crippen molar-refractivity contribution in [3.63, 3.8) is 0 Å². The summed E-state index contributed by atoms with van der Waals surface area (Å²) in [5, 5.41) is 9.07. The molecule has 1 aliphatic heterocycles. The number of hydrogen-bond acceptors (Lipinski definition) is 5. The number of ether oxygens (including phenoxy) is 1. The molecule has 0 saturated carbocycles. The zero-order valence-corrected chi connectivity index (χ0v) is 20.9. The second-order valence-corrected chi connectivity index (χ2v) is 10.3. The Hall–Kier alpha value is -0.820. The van der Waals surface area contributed by atoms with Gasteiger partial charge in [-0.2, -0.15) is 0 Å². The lowest BCUT2D eigenvalue weighted by atomic mass is 10.1. The van der Waals surface area contributed by atoms with Gasteiger partial charge in [-0.1, -0.05) is 0 Å². The Morgan fingerprint density at radius 2 is 1.82 bits per heavy atom. The molecule has 1 rings (SSSR count). The van der Waals surface area contributed by atoms with Crippen LogP contribution in [0.5, 0.6) is 0 Å². The summed E-state index contributed by atoms with van der Waals surface area (Å²) in [6, 6.07) is 0. The number of carbonyl (C=O) groups is 1. The highest BCUT2D eigenvalue weighted by atomic mass is 127. The van der Waals surface area contributed by atoms with Crippen LogP contribution in [0.25, 0.3) is 0 Å². The third-order valence-electron chi connectivity index (χ3n) is 3.67. The summed E-state index contributed by atoms with van der Waals surface area (Å²) in [4.78, 5) is 16.4. The van der Waals surface area contributed by atoms with Gasteiger partial charge in [-0.25, -0.2) is 17.5 Å². The van der Waals surface area contributed by atoms with Crippen LogP contribution in [0.4, 0.5) is 4.79 Å². The summed E-state index contributed by atoms with van der Waals surface area (Å²) in [6.07, 6.45) is 0.195. The molecule has 1 fully saturated rings. The second kappa shape index (κ2) is 11.4. The number of amides is 1. The van der Waals surface area contributed by atoms with Gasteiger partial charge in [0.15, 0.2) is 5.96 Å². The summed E-state index contributed by atoms with van der Waals surface area (Å²) in [5.41, 5.74) is -1.15. The van der Waals surface area contributed by atoms with Crippen molar-refractivity contribution in [2.75, 3.05) is 38.5 Å². The predicted octanol–water partition coefficient (Wildman–Crippen LogP) is 1.50. The highest BCUT2D eigenvalue weighted by Crippen LogP contribution is 2.12. The third-order valence-corrected chi connectivity index (χ3v) is 5.63. The van der Waals surface area contributed by atoms with Gasteiger partial charge in [-0.15, -0.1) is 24.0 Å². The van der Waals surface area contributed by atoms with Gasteiger partial charge in [0.25, 0.3) is 0 Å². The minimum absolute atomic E-state index is 0. The fraction of sp³-hybridized carbons (Fsp3) is 0.882. The maximum Gasteiger partial charge on any atom is 0.408 e. The highest BCUT2D eigenvalue weighted by molar-refractivity contribution is 14.0. The van der Waals surface area contributed by atoms with E-state index in [1.807, 2.05) is 41.5 Å². The van der Waals surface area contributed by atoms with Crippen LogP contribution in [0.1, 0.15) is 48.0 Å². The average Bonchev–Trinajstić information content (AvgIpc) is 2.81. The molecule has 1 heterocycles. The van der Waals surface area contributed by atoms with E-state index in [0.717, 1.165) is 0 Å². The molecule has 28 heavy (non-hydrogen) atoms. The van der Waals surface area contributed by atoms with E-state index < -0.39 is 27.3 Å². The molecule has 0 aromatic rings. The number of rotatable bonds is 7. The van der Waals surface area contributed by atoms with Crippen molar-refractivity contribution in [1.29, 1.82) is 0 Å². The molecule has 166 valence electrons. The number of hydrogen-bond donors (Lipinski definition) is 3. The van der Waals surface area contributed by atoms with Gasteiger partial charge in [0.05, 0.1) is 17.8 Å². The highest BCUT2D eigenvalue weighted by Gasteiger charge is 2.27. The number of alkyl carbamates (subject to hydrolysis) is 1. The Bertz CT molecular complexity index is 632. The van der Waals surface area contributed by atoms with Crippen molar-refractivity contribution in [3.8, 4) is 0 Å². The summed E-state index contributed by atoms with van der Waals surface area (Å²) in [6.45, 7) is 13.6. The number of guanidine groups is 1. The molecule has 0 aromatic carbocycles. The molecule has 1 saturated heterocycles. The quantitative estimate of drug-likeness (QED) is 0.260. The minimum atomic E-state index is -3.09. The number of halogens is 1. The van der Waals surface area contributed by atoms with Crippen LogP contribution in [0.3, 0.4) is 0 Å². The van der Waals surface area contributed by atoms with Gasteiger partial charge in [0.2, 0.25) is 10.0 Å². The van der Waals surface area contributed by atoms with Crippen LogP contribution in [0, 0.1) is 0 Å². The Morgan fingerprint density at radius 3 is 2.32 bits per heavy atom. The van der Waals surface area contributed by atoms with E-state index in [1.54, 1.807) is 0 Å². The van der Waals surface area contributed by atoms with Crippen LogP contribution in [-0.4, -0.2) is 74.4 Å². The van der Waals surface area contributed by atoms with Crippen LogP contribution in [-0.2, 0) is 14.8 Å². The van der Waals surface area contributed by atoms with E-state index in [-0.39, 0.29) is 29.7 Å². The Balaban J connectivity index is 0.00000729. The lowest BCUT2D eigenvalue weighted by Gasteiger charge is -2.27. The van der Waals surface area contributed by atoms with Gasteiger partial charge in [0, 0.05) is 26.2 Å². The van der Waals surface area contributed by atoms with Gasteiger partial charge in [-0.05, 0) is 48.0 Å². The SMILES string of the molecule is CCNC(=NCC(C)(C)NC(=O)OC(C)(C)C)NCCN1CCCS1(=O)=O.I. The van der Waals surface area contributed by atoms with E-state index >= 15 is 0 Å². The van der Waals surface area contributed by atoms with E-state index in [1.165, 1.54) is 4.31 Å². The summed E-state index contributed by atoms with van der Waals surface area (Å²) < 4.78 is 30.4. The number of nitrogens with one attached hydrogen (secondary N) is 3. The molecule has 0 unspecified atom stereocenters. The van der Waals surface area contributed by atoms with E-state index in [2.05, 4.69) is 20.9 Å². The molecule has 11 heteroatoms. The zero-order chi connectivity index (χ0) is 20.7. The van der Waals surface area contributed by atoms with Gasteiger partial charge < -0.3 is 20.7 Å². The maximum atomic E-state index is 11.9. The molecule has 9 nitrogen and oxygen atoms in total. The lowest BCUT2D eigenvalue weighted by Crippen LogP contribution is -2.49. The largest absolute Gasteiger partial charge is 0.444 e. The fourth-order valence-electron chi connectivity index (χ4n) is 2.48. The topological polar surface area (TPSA) is 112 Å². The first-order chi connectivity index (χ1) is 12.3. The molecule has 0 atom stereocenters. The molecule has 0 radical (unpaired) electrons. The molecule has 0 bridgehead atoms. The van der Waals surface area contributed by atoms with Crippen LogP contribution < -0.4 is 16.0 Å². The fourth-order valence-corrected chi connectivity index (χ4v) is 4.01. The van der Waals surface area contributed by atoms with E-state index in [9.17, 15) is 13.2 Å². The molecule has 0 aliphatic carbocycles. The predicted molar refractivity (Wildman–Crippen MR) is 123 cm³/mol. The van der Waals surface area contributed by atoms with Crippen LogP contribution in [0.15, 0.2) is 4.99 Å². The Morgan fingerprint density at radius 1 is 1.18 bits per heavy atom. The number of nitrogens with zero attached hydrogens (tertiary/aromatic N) is 2. The second-order valence-electron chi connectivity index (χ2n) is 8.20. The average molecular weight is 533 g/mol. The molecule has 0 aromatic heterocycles. The van der Waals surface area contributed by atoms with Crippen molar-refractivity contribution in [3.05, 3.63) is 0 Å². The summed E-state index contributed by atoms with van der Waals surface area (Å²) in [5.74, 6) is 0.805. The summed E-state index contributed by atoms with van der Waals surface area (Å²) in [7, 11) is -3.09. The molecule has 0 spiro atoms. The molecular formula is C17H36IN5O4S. The van der Waals surface area contributed by atoms with Crippen molar-refractivity contribution in [2.24, 2.45) is 4.99 Å². The van der Waals surface area contributed by atoms with Gasteiger partial charge in [-0.3, -0.25) is 4.99 Å². The van der Waals surface area contributed by atoms with Gasteiger partial charge >= 0.3 is 6.09 Å². The molecule has 3 N–H and O–H groups in total. The lowest BCUT2D eigenvalue weighted by molar-refractivity contribution is 0.0476. The van der Waals surface area contributed by atoms with Crippen molar-refractivity contribution in [1.82, 2.24) is 20.3 Å². The number of carbonyl (C=O) groups excluding carboxylic acids is 1. The normalized spacial score (nSPS) is 17.6. The summed E-state index contributed by atoms with van der Waals surface area (Å²) >= 11 is 0. The zero-order valence-electron chi connectivity index (χ0n) is 17.8. The number of sulfonamides is 1. The molecule has 1 amide bonds. The van der Waals surface area contributed by atoms with Gasteiger partial charge in [0.1, 0.15) is 5.60 Å². The third kappa shape index (κ3) is 10.6. The standard InChI is InChI=1S/C17H35N5O4S.HI/c1-7-18-14(19-9-11-22-10-8-12-27(22,24)25)20-13-17(5,6)21-15(23)26-16(2,3)4;/h7-13H2,1-6H3,(H,21,23)(H2,18,19,20);1H. The van der Waals surface area contributed by atoms with Crippen molar-refractivity contribution < 1.29 is 17.9 Å². The number of aliphatic imine (C=N–C) groups is 1. The monoisotopic (exact) mass is 533 g/mol. The van der Waals surface area contributed by atoms with Crippen molar-refractivity contribution >= 4 is 46.1 Å². The smallest absolute Gasteiger partial charge is 0.408 e. The molecular weight excluding hydrogens is 497 g/mol. The van der Waals surface area contributed by atoms with Crippen LogP contribution in [0.2, 0.25) is 0 Å². The minimum Gasteiger partial charge on any atom is -0.444 e. The Labute approximate surface area is 186 Å². The first-order valence-electron chi connectivity index (χ1n) is 9.36. The Kier molecular flexibility index (Phi) is 11.1. The first kappa shape index (κ1) is 27.2. The molecule has 1 aliphatic rings. The van der Waals surface area contributed by atoms with Crippen molar-refractivity contribution in [2.45, 2.75) is 59.1 Å².